The Morgan fingerprint density at radius 2 is 1.83 bits per heavy atom. The maximum atomic E-state index is 12.1. The molecule has 1 aromatic heterocycles. The number of aromatic nitrogens is 3. The fourth-order valence-corrected chi connectivity index (χ4v) is 3.85. The van der Waals surface area contributed by atoms with Crippen LogP contribution in [0.25, 0.3) is 17.1 Å². The minimum absolute atomic E-state index is 0.00910. The summed E-state index contributed by atoms with van der Waals surface area (Å²) >= 11 is 13.6. The number of halogens is 2. The summed E-state index contributed by atoms with van der Waals surface area (Å²) in [6.07, 6.45) is 0. The number of rotatable bonds is 6. The highest BCUT2D eigenvalue weighted by molar-refractivity contribution is 7.99. The molecule has 156 valence electrons. The highest BCUT2D eigenvalue weighted by atomic mass is 35.5. The van der Waals surface area contributed by atoms with Gasteiger partial charge in [0.25, 0.3) is 0 Å². The summed E-state index contributed by atoms with van der Waals surface area (Å²) in [6, 6.07) is 14.0. The third-order valence-corrected chi connectivity index (χ3v) is 5.30. The molecule has 3 aromatic rings. The highest BCUT2D eigenvalue weighted by Gasteiger charge is 2.19. The van der Waals surface area contributed by atoms with Crippen LogP contribution in [0.2, 0.25) is 10.0 Å². The minimum atomic E-state index is -0.534. The van der Waals surface area contributed by atoms with E-state index in [0.29, 0.717) is 26.6 Å². The monoisotopic (exact) mass is 463 g/mol. The van der Waals surface area contributed by atoms with E-state index in [1.54, 1.807) is 22.8 Å². The molecule has 0 radical (unpaired) electrons. The Balaban J connectivity index is 1.87. The van der Waals surface area contributed by atoms with E-state index >= 15 is 0 Å². The standard InChI is InChI=1S/C20H19Cl2N5O2S/c1-12(2)23-19(29)24-17(28)11-30-20-26-25-18(15-9-8-13(21)10-16(15)22)27(20)14-6-4-3-5-7-14/h3-10,12H,11H2,1-2H3,(H2,23,24,28,29). The molecule has 0 aliphatic carbocycles. The Morgan fingerprint density at radius 3 is 2.50 bits per heavy atom. The van der Waals surface area contributed by atoms with Crippen LogP contribution in [0.3, 0.4) is 0 Å². The number of nitrogens with one attached hydrogen (secondary N) is 2. The maximum Gasteiger partial charge on any atom is 0.321 e. The number of urea groups is 1. The second kappa shape index (κ2) is 9.97. The van der Waals surface area contributed by atoms with Crippen LogP contribution < -0.4 is 10.6 Å². The van der Waals surface area contributed by atoms with Crippen molar-refractivity contribution in [1.82, 2.24) is 25.4 Å². The van der Waals surface area contributed by atoms with E-state index < -0.39 is 11.9 Å². The number of carbonyl (C=O) groups excluding carboxylic acids is 2. The van der Waals surface area contributed by atoms with Gasteiger partial charge in [0.1, 0.15) is 0 Å². The lowest BCUT2D eigenvalue weighted by molar-refractivity contribution is -0.117. The summed E-state index contributed by atoms with van der Waals surface area (Å²) in [4.78, 5) is 23.8. The zero-order valence-electron chi connectivity index (χ0n) is 16.2. The van der Waals surface area contributed by atoms with E-state index in [0.717, 1.165) is 17.4 Å². The summed E-state index contributed by atoms with van der Waals surface area (Å²) in [5, 5.41) is 14.9. The van der Waals surface area contributed by atoms with Gasteiger partial charge in [-0.1, -0.05) is 53.2 Å². The Morgan fingerprint density at radius 1 is 1.10 bits per heavy atom. The minimum Gasteiger partial charge on any atom is -0.336 e. The molecule has 7 nitrogen and oxygen atoms in total. The average molecular weight is 464 g/mol. The van der Waals surface area contributed by atoms with Crippen molar-refractivity contribution >= 4 is 46.9 Å². The largest absolute Gasteiger partial charge is 0.336 e. The Kier molecular flexibility index (Phi) is 7.36. The number of hydrogen-bond acceptors (Lipinski definition) is 5. The summed E-state index contributed by atoms with van der Waals surface area (Å²) in [6.45, 7) is 3.62. The molecule has 0 aliphatic heterocycles. The molecule has 2 N–H and O–H groups in total. The lowest BCUT2D eigenvalue weighted by Crippen LogP contribution is -2.43. The third-order valence-electron chi connectivity index (χ3n) is 3.82. The Hall–Kier alpha value is -2.55. The molecule has 0 saturated heterocycles. The number of amides is 3. The Labute approximate surface area is 188 Å². The van der Waals surface area contributed by atoms with Gasteiger partial charge in [0.05, 0.1) is 10.8 Å². The van der Waals surface area contributed by atoms with E-state index in [1.165, 1.54) is 0 Å². The normalized spacial score (nSPS) is 10.8. The van der Waals surface area contributed by atoms with Crippen molar-refractivity contribution in [3.05, 3.63) is 58.6 Å². The molecule has 0 fully saturated rings. The summed E-state index contributed by atoms with van der Waals surface area (Å²) in [5.41, 5.74) is 1.47. The van der Waals surface area contributed by atoms with E-state index in [9.17, 15) is 9.59 Å². The second-order valence-corrected chi connectivity index (χ2v) is 8.35. The topological polar surface area (TPSA) is 88.9 Å². The Bertz CT molecular complexity index is 1060. The molecular weight excluding hydrogens is 445 g/mol. The van der Waals surface area contributed by atoms with Crippen molar-refractivity contribution < 1.29 is 9.59 Å². The molecule has 0 unspecified atom stereocenters. The van der Waals surface area contributed by atoms with Crippen LogP contribution in [0.15, 0.2) is 53.7 Å². The molecule has 30 heavy (non-hydrogen) atoms. The number of para-hydroxylation sites is 1. The van der Waals surface area contributed by atoms with Crippen LogP contribution in [0.4, 0.5) is 4.79 Å². The molecule has 1 heterocycles. The van der Waals surface area contributed by atoms with E-state index in [2.05, 4.69) is 20.8 Å². The van der Waals surface area contributed by atoms with Crippen molar-refractivity contribution in [2.75, 3.05) is 5.75 Å². The van der Waals surface area contributed by atoms with Crippen LogP contribution in [0.1, 0.15) is 13.8 Å². The van der Waals surface area contributed by atoms with Gasteiger partial charge in [-0.05, 0) is 44.2 Å². The average Bonchev–Trinajstić information content (AvgIpc) is 3.10. The first-order valence-corrected chi connectivity index (χ1v) is 10.8. The first-order chi connectivity index (χ1) is 14.3. The van der Waals surface area contributed by atoms with E-state index in [-0.39, 0.29) is 11.8 Å². The molecule has 2 aromatic carbocycles. The zero-order valence-corrected chi connectivity index (χ0v) is 18.6. The number of imide groups is 1. The molecule has 3 amide bonds. The van der Waals surface area contributed by atoms with E-state index in [1.807, 2.05) is 44.2 Å². The second-order valence-electron chi connectivity index (χ2n) is 6.57. The zero-order chi connectivity index (χ0) is 21.7. The quantitative estimate of drug-likeness (QED) is 0.522. The number of nitrogens with zero attached hydrogens (tertiary/aromatic N) is 3. The summed E-state index contributed by atoms with van der Waals surface area (Å²) < 4.78 is 1.81. The van der Waals surface area contributed by atoms with E-state index in [4.69, 9.17) is 23.2 Å². The number of benzene rings is 2. The molecule has 0 spiro atoms. The lowest BCUT2D eigenvalue weighted by atomic mass is 10.2. The van der Waals surface area contributed by atoms with Gasteiger partial charge in [0, 0.05) is 22.3 Å². The molecule has 0 saturated carbocycles. The smallest absolute Gasteiger partial charge is 0.321 e. The van der Waals surface area contributed by atoms with Gasteiger partial charge in [-0.2, -0.15) is 0 Å². The van der Waals surface area contributed by atoms with Crippen LogP contribution in [-0.4, -0.2) is 38.5 Å². The molecule has 0 atom stereocenters. The van der Waals surface area contributed by atoms with Crippen molar-refractivity contribution in [3.63, 3.8) is 0 Å². The molecule has 0 aliphatic rings. The first kappa shape index (κ1) is 22.1. The molecule has 3 rings (SSSR count). The van der Waals surface area contributed by atoms with Crippen LogP contribution >= 0.6 is 35.0 Å². The number of hydrogen-bond donors (Lipinski definition) is 2. The fraction of sp³-hybridized carbons (Fsp3) is 0.200. The predicted molar refractivity (Wildman–Crippen MR) is 119 cm³/mol. The van der Waals surface area contributed by atoms with Crippen molar-refractivity contribution in [2.24, 2.45) is 0 Å². The maximum absolute atomic E-state index is 12.1. The number of thioether (sulfide) groups is 1. The van der Waals surface area contributed by atoms with Gasteiger partial charge < -0.3 is 5.32 Å². The van der Waals surface area contributed by atoms with Gasteiger partial charge in [-0.25, -0.2) is 4.79 Å². The lowest BCUT2D eigenvalue weighted by Gasteiger charge is -2.12. The van der Waals surface area contributed by atoms with Gasteiger partial charge in [-0.3, -0.25) is 14.7 Å². The first-order valence-electron chi connectivity index (χ1n) is 9.04. The van der Waals surface area contributed by atoms with Crippen LogP contribution in [0, 0.1) is 0 Å². The van der Waals surface area contributed by atoms with Crippen LogP contribution in [0.5, 0.6) is 0 Å². The van der Waals surface area contributed by atoms with Gasteiger partial charge in [0.2, 0.25) is 5.91 Å². The SMILES string of the molecule is CC(C)NC(=O)NC(=O)CSc1nnc(-c2ccc(Cl)cc2Cl)n1-c1ccccc1. The van der Waals surface area contributed by atoms with Gasteiger partial charge in [0.15, 0.2) is 11.0 Å². The number of carbonyl (C=O) groups is 2. The van der Waals surface area contributed by atoms with Crippen molar-refractivity contribution in [1.29, 1.82) is 0 Å². The molecule has 0 bridgehead atoms. The summed E-state index contributed by atoms with van der Waals surface area (Å²) in [5.74, 6) is 0.0698. The predicted octanol–water partition coefficient (Wildman–Crippen LogP) is 4.57. The van der Waals surface area contributed by atoms with Gasteiger partial charge in [-0.15, -0.1) is 10.2 Å². The van der Waals surface area contributed by atoms with Crippen LogP contribution in [-0.2, 0) is 4.79 Å². The van der Waals surface area contributed by atoms with Gasteiger partial charge >= 0.3 is 6.03 Å². The molecular formula is C20H19Cl2N5O2S. The molecule has 10 heteroatoms. The van der Waals surface area contributed by atoms with Crippen molar-refractivity contribution in [3.8, 4) is 17.1 Å². The summed E-state index contributed by atoms with van der Waals surface area (Å²) in [7, 11) is 0. The van der Waals surface area contributed by atoms with Crippen molar-refractivity contribution in [2.45, 2.75) is 25.0 Å². The third kappa shape index (κ3) is 5.53. The highest BCUT2D eigenvalue weighted by Crippen LogP contribution is 2.33. The fourth-order valence-electron chi connectivity index (χ4n) is 2.61.